The third-order valence-electron chi connectivity index (χ3n) is 6.33. The van der Waals surface area contributed by atoms with Crippen molar-refractivity contribution in [2.45, 2.75) is 38.6 Å². The lowest BCUT2D eigenvalue weighted by atomic mass is 10.1. The topological polar surface area (TPSA) is 84.7 Å². The maximum Gasteiger partial charge on any atom is 0.244 e. The highest BCUT2D eigenvalue weighted by Gasteiger charge is 2.27. The summed E-state index contributed by atoms with van der Waals surface area (Å²) in [4.78, 5) is 2.48. The van der Waals surface area contributed by atoms with Crippen LogP contribution in [0.1, 0.15) is 28.8 Å². The van der Waals surface area contributed by atoms with Gasteiger partial charge in [-0.1, -0.05) is 35.0 Å². The maximum atomic E-state index is 13.2. The molecule has 1 aromatic heterocycles. The van der Waals surface area contributed by atoms with Crippen LogP contribution >= 0.6 is 0 Å². The first-order valence-corrected chi connectivity index (χ1v) is 12.6. The lowest BCUT2D eigenvalue weighted by Crippen LogP contribution is -2.31. The van der Waals surface area contributed by atoms with Crippen LogP contribution in [0.4, 0.5) is 0 Å². The summed E-state index contributed by atoms with van der Waals surface area (Å²) in [5, 5.41) is 3.98. The monoisotopic (exact) mass is 469 g/mol. The number of aryl methyl sites for hydroxylation is 2. The first-order chi connectivity index (χ1) is 15.8. The number of nitrogens with zero attached hydrogens (tertiary/aromatic N) is 2. The minimum Gasteiger partial charge on any atom is -0.495 e. The molecule has 3 aromatic rings. The Morgan fingerprint density at radius 1 is 1.15 bits per heavy atom. The molecule has 1 aliphatic rings. The molecule has 8 heteroatoms. The van der Waals surface area contributed by atoms with Crippen LogP contribution in [0.5, 0.6) is 5.75 Å². The van der Waals surface area contributed by atoms with Gasteiger partial charge in [-0.15, -0.1) is 0 Å². The van der Waals surface area contributed by atoms with Gasteiger partial charge in [0.05, 0.1) is 12.8 Å². The van der Waals surface area contributed by atoms with Crippen molar-refractivity contribution in [2.24, 2.45) is 5.92 Å². The lowest BCUT2D eigenvalue weighted by Gasteiger charge is -2.17. The summed E-state index contributed by atoms with van der Waals surface area (Å²) in [6.07, 6.45) is 0.960. The molecule has 0 amide bonds. The van der Waals surface area contributed by atoms with Gasteiger partial charge in [-0.2, -0.15) is 0 Å². The lowest BCUT2D eigenvalue weighted by molar-refractivity contribution is 0.316. The highest BCUT2D eigenvalue weighted by Crippen LogP contribution is 2.32. The van der Waals surface area contributed by atoms with Crippen molar-refractivity contribution in [1.82, 2.24) is 14.8 Å². The van der Waals surface area contributed by atoms with Gasteiger partial charge in [0, 0.05) is 30.8 Å². The maximum absolute atomic E-state index is 13.2. The van der Waals surface area contributed by atoms with E-state index in [4.69, 9.17) is 9.26 Å². The summed E-state index contributed by atoms with van der Waals surface area (Å²) in [5.41, 5.74) is 4.84. The number of rotatable bonds is 8. The summed E-state index contributed by atoms with van der Waals surface area (Å²) in [6.45, 7) is 8.94. The number of aromatic nitrogens is 1. The number of nitrogens with one attached hydrogen (secondary N) is 1. The van der Waals surface area contributed by atoms with Gasteiger partial charge in [-0.25, -0.2) is 13.1 Å². The van der Waals surface area contributed by atoms with E-state index >= 15 is 0 Å². The molecular weight excluding hydrogens is 438 g/mol. The summed E-state index contributed by atoms with van der Waals surface area (Å²) >= 11 is 0. The molecule has 1 atom stereocenters. The molecule has 1 fully saturated rings. The molecule has 1 aliphatic heterocycles. The van der Waals surface area contributed by atoms with Crippen LogP contribution < -0.4 is 9.46 Å². The van der Waals surface area contributed by atoms with Gasteiger partial charge in [0.2, 0.25) is 10.0 Å². The van der Waals surface area contributed by atoms with E-state index in [1.165, 1.54) is 18.2 Å². The van der Waals surface area contributed by atoms with E-state index in [-0.39, 0.29) is 10.8 Å². The molecule has 1 unspecified atom stereocenters. The number of hydrogen-bond donors (Lipinski definition) is 1. The van der Waals surface area contributed by atoms with Gasteiger partial charge in [0.25, 0.3) is 0 Å². The molecule has 1 saturated heterocycles. The number of benzene rings is 2. The van der Waals surface area contributed by atoms with Crippen LogP contribution in [0.2, 0.25) is 0 Å². The zero-order valence-corrected chi connectivity index (χ0v) is 20.4. The Morgan fingerprint density at radius 3 is 2.58 bits per heavy atom. The Hall–Kier alpha value is -2.68. The summed E-state index contributed by atoms with van der Waals surface area (Å²) in [7, 11) is -2.29. The van der Waals surface area contributed by atoms with Gasteiger partial charge in [-0.05, 0) is 63.4 Å². The normalized spacial score (nSPS) is 16.9. The zero-order valence-electron chi connectivity index (χ0n) is 19.6. The summed E-state index contributed by atoms with van der Waals surface area (Å²) < 4.78 is 40.0. The summed E-state index contributed by atoms with van der Waals surface area (Å²) in [5.74, 6) is 1.13. The molecular formula is C25H31N3O4S. The number of ether oxygens (including phenoxy) is 1. The first-order valence-electron chi connectivity index (χ1n) is 11.2. The third kappa shape index (κ3) is 5.29. The Morgan fingerprint density at radius 2 is 1.91 bits per heavy atom. The highest BCUT2D eigenvalue weighted by atomic mass is 32.2. The molecule has 0 bridgehead atoms. The van der Waals surface area contributed by atoms with Crippen molar-refractivity contribution in [3.8, 4) is 17.1 Å². The zero-order chi connectivity index (χ0) is 23.6. The molecule has 0 saturated carbocycles. The van der Waals surface area contributed by atoms with Gasteiger partial charge in [-0.3, -0.25) is 4.90 Å². The van der Waals surface area contributed by atoms with Gasteiger partial charge in [0.1, 0.15) is 10.6 Å². The molecule has 0 aliphatic carbocycles. The van der Waals surface area contributed by atoms with E-state index in [2.05, 4.69) is 46.0 Å². The molecule has 0 spiro atoms. The van der Waals surface area contributed by atoms with Crippen molar-refractivity contribution in [2.75, 3.05) is 26.7 Å². The van der Waals surface area contributed by atoms with Gasteiger partial charge in [0.15, 0.2) is 5.76 Å². The number of hydrogen-bond acceptors (Lipinski definition) is 6. The van der Waals surface area contributed by atoms with Crippen LogP contribution in [0, 0.1) is 26.7 Å². The largest absolute Gasteiger partial charge is 0.495 e. The molecule has 2 heterocycles. The van der Waals surface area contributed by atoms with E-state index in [0.717, 1.165) is 37.3 Å². The highest BCUT2D eigenvalue weighted by molar-refractivity contribution is 7.89. The molecule has 176 valence electrons. The average molecular weight is 470 g/mol. The van der Waals surface area contributed by atoms with Crippen LogP contribution in [-0.4, -0.2) is 45.2 Å². The van der Waals surface area contributed by atoms with Crippen LogP contribution in [0.3, 0.4) is 0 Å². The van der Waals surface area contributed by atoms with E-state index in [0.29, 0.717) is 23.6 Å². The van der Waals surface area contributed by atoms with E-state index in [1.807, 2.05) is 13.8 Å². The fourth-order valence-corrected chi connectivity index (χ4v) is 5.50. The molecule has 2 aromatic carbocycles. The Kier molecular flexibility index (Phi) is 6.88. The average Bonchev–Trinajstić information content (AvgIpc) is 3.39. The number of likely N-dealkylation sites (tertiary alicyclic amines) is 1. The van der Waals surface area contributed by atoms with Gasteiger partial charge >= 0.3 is 0 Å². The van der Waals surface area contributed by atoms with Crippen molar-refractivity contribution >= 4 is 10.0 Å². The van der Waals surface area contributed by atoms with E-state index in [9.17, 15) is 8.42 Å². The van der Waals surface area contributed by atoms with E-state index < -0.39 is 10.0 Å². The first kappa shape index (κ1) is 23.5. The smallest absolute Gasteiger partial charge is 0.244 e. The van der Waals surface area contributed by atoms with Crippen LogP contribution in [0.15, 0.2) is 51.9 Å². The van der Waals surface area contributed by atoms with Crippen molar-refractivity contribution in [3.63, 3.8) is 0 Å². The Bertz CT molecular complexity index is 1220. The molecule has 7 nitrogen and oxygen atoms in total. The van der Waals surface area contributed by atoms with Crippen LogP contribution in [-0.2, 0) is 16.6 Å². The number of methoxy groups -OCH3 is 1. The second-order valence-corrected chi connectivity index (χ2v) is 10.6. The molecule has 4 rings (SSSR count). The quantitative estimate of drug-likeness (QED) is 0.535. The van der Waals surface area contributed by atoms with Gasteiger partial charge < -0.3 is 9.26 Å². The van der Waals surface area contributed by atoms with Crippen molar-refractivity contribution in [3.05, 3.63) is 64.8 Å². The molecule has 33 heavy (non-hydrogen) atoms. The SMILES string of the molecule is COc1ccc(-c2onc(C)c2C)cc1S(=O)(=O)NCC1CCN(Cc2ccc(C)cc2)C1. The predicted molar refractivity (Wildman–Crippen MR) is 128 cm³/mol. The summed E-state index contributed by atoms with van der Waals surface area (Å²) in [6, 6.07) is 13.6. The van der Waals surface area contributed by atoms with Crippen molar-refractivity contribution < 1.29 is 17.7 Å². The second-order valence-electron chi connectivity index (χ2n) is 8.82. The Labute approximate surface area is 195 Å². The minimum atomic E-state index is -3.76. The second kappa shape index (κ2) is 9.67. The minimum absolute atomic E-state index is 0.102. The fourth-order valence-electron chi connectivity index (χ4n) is 4.19. The fraction of sp³-hybridized carbons (Fsp3) is 0.400. The van der Waals surface area contributed by atoms with Crippen LogP contribution in [0.25, 0.3) is 11.3 Å². The standard InChI is InChI=1S/C25H31N3O4S/c1-17-5-7-20(8-6-17)15-28-12-11-21(16-28)14-26-33(29,30)24-13-22(9-10-23(24)31-4)25-18(2)19(3)27-32-25/h5-10,13,21,26H,11-12,14-16H2,1-4H3. The predicted octanol–water partition coefficient (Wildman–Crippen LogP) is 4.08. The molecule has 0 radical (unpaired) electrons. The number of sulfonamides is 1. The van der Waals surface area contributed by atoms with E-state index in [1.54, 1.807) is 18.2 Å². The third-order valence-corrected chi connectivity index (χ3v) is 7.78. The Balaban J connectivity index is 1.44. The molecule has 1 N–H and O–H groups in total. The van der Waals surface area contributed by atoms with Crippen molar-refractivity contribution in [1.29, 1.82) is 0 Å².